The van der Waals surface area contributed by atoms with Gasteiger partial charge in [-0.1, -0.05) is 23.8 Å². The van der Waals surface area contributed by atoms with E-state index in [1.54, 1.807) is 0 Å². The maximum atomic E-state index is 11.0. The number of amides is 1. The molecule has 1 heterocycles. The summed E-state index contributed by atoms with van der Waals surface area (Å²) in [5, 5.41) is 2.98. The largest absolute Gasteiger partial charge is 0.352 e. The van der Waals surface area contributed by atoms with E-state index in [4.69, 9.17) is 0 Å². The van der Waals surface area contributed by atoms with Gasteiger partial charge in [0, 0.05) is 18.4 Å². The molecule has 1 saturated heterocycles. The van der Waals surface area contributed by atoms with Gasteiger partial charge in [-0.15, -0.1) is 0 Å². The van der Waals surface area contributed by atoms with E-state index in [-0.39, 0.29) is 5.91 Å². The summed E-state index contributed by atoms with van der Waals surface area (Å²) in [7, 11) is 0. The summed E-state index contributed by atoms with van der Waals surface area (Å²) in [4.78, 5) is 11.0. The van der Waals surface area contributed by atoms with Crippen molar-refractivity contribution in [2.24, 2.45) is 5.92 Å². The number of nitrogens with one attached hydrogen (secondary N) is 1. The zero-order valence-corrected chi connectivity index (χ0v) is 7.21. The highest BCUT2D eigenvalue weighted by Crippen LogP contribution is 2.24. The summed E-state index contributed by atoms with van der Waals surface area (Å²) >= 11 is 0. The number of rotatable bonds is 0. The Labute approximate surface area is 72.3 Å². The van der Waals surface area contributed by atoms with Gasteiger partial charge in [0.05, 0.1) is 0 Å². The summed E-state index contributed by atoms with van der Waals surface area (Å²) in [5.41, 5.74) is 1.30. The molecular weight excluding hydrogens is 150 g/mol. The molecule has 0 saturated carbocycles. The van der Waals surface area contributed by atoms with Gasteiger partial charge < -0.3 is 5.32 Å². The molecule has 2 heteroatoms. The fraction of sp³-hybridized carbons (Fsp3) is 0.500. The minimum Gasteiger partial charge on any atom is -0.352 e. The Kier molecular flexibility index (Phi) is 1.75. The van der Waals surface area contributed by atoms with Gasteiger partial charge in [-0.25, -0.2) is 0 Å². The fourth-order valence-electron chi connectivity index (χ4n) is 1.82. The van der Waals surface area contributed by atoms with Crippen LogP contribution in [0.3, 0.4) is 0 Å². The zero-order valence-electron chi connectivity index (χ0n) is 7.21. The third-order valence-electron chi connectivity index (χ3n) is 2.58. The van der Waals surface area contributed by atoms with Crippen LogP contribution in [0.1, 0.15) is 19.8 Å². The zero-order chi connectivity index (χ0) is 8.55. The Hall–Kier alpha value is -1.05. The Morgan fingerprint density at radius 2 is 2.42 bits per heavy atom. The first-order chi connectivity index (χ1) is 5.75. The van der Waals surface area contributed by atoms with Crippen molar-refractivity contribution in [1.29, 1.82) is 0 Å². The third-order valence-corrected chi connectivity index (χ3v) is 2.58. The number of hydrogen-bond donors (Lipinski definition) is 1. The first-order valence-corrected chi connectivity index (χ1v) is 4.40. The average Bonchev–Trinajstić information content (AvgIpc) is 2.31. The van der Waals surface area contributed by atoms with Gasteiger partial charge in [-0.05, 0) is 13.3 Å². The van der Waals surface area contributed by atoms with E-state index in [0.29, 0.717) is 18.4 Å². The van der Waals surface area contributed by atoms with Gasteiger partial charge >= 0.3 is 0 Å². The topological polar surface area (TPSA) is 29.1 Å². The van der Waals surface area contributed by atoms with Gasteiger partial charge in [-0.2, -0.15) is 0 Å². The van der Waals surface area contributed by atoms with Gasteiger partial charge in [0.1, 0.15) is 0 Å². The van der Waals surface area contributed by atoms with Gasteiger partial charge in [0.25, 0.3) is 0 Å². The molecule has 0 radical (unpaired) electrons. The van der Waals surface area contributed by atoms with E-state index in [1.807, 2.05) is 0 Å². The number of allylic oxidation sites excluding steroid dienone is 2. The van der Waals surface area contributed by atoms with Crippen molar-refractivity contribution in [3.8, 4) is 0 Å². The second-order valence-corrected chi connectivity index (χ2v) is 3.58. The lowest BCUT2D eigenvalue weighted by molar-refractivity contribution is -0.119. The van der Waals surface area contributed by atoms with Crippen molar-refractivity contribution < 1.29 is 4.79 Å². The molecule has 64 valence electrons. The second-order valence-electron chi connectivity index (χ2n) is 3.58. The smallest absolute Gasteiger partial charge is 0.220 e. The molecule has 1 aliphatic carbocycles. The Morgan fingerprint density at radius 1 is 1.58 bits per heavy atom. The molecule has 2 nitrogen and oxygen atoms in total. The Morgan fingerprint density at radius 3 is 3.25 bits per heavy atom. The van der Waals surface area contributed by atoms with Crippen LogP contribution in [0.4, 0.5) is 0 Å². The van der Waals surface area contributed by atoms with Crippen LogP contribution in [0.2, 0.25) is 0 Å². The average molecular weight is 163 g/mol. The van der Waals surface area contributed by atoms with Gasteiger partial charge in [0.2, 0.25) is 5.91 Å². The van der Waals surface area contributed by atoms with E-state index >= 15 is 0 Å². The van der Waals surface area contributed by atoms with Crippen LogP contribution in [0.25, 0.3) is 0 Å². The molecule has 1 fully saturated rings. The van der Waals surface area contributed by atoms with E-state index in [0.717, 1.165) is 6.42 Å². The summed E-state index contributed by atoms with van der Waals surface area (Å²) in [6.07, 6.45) is 8.11. The molecule has 0 aromatic heterocycles. The van der Waals surface area contributed by atoms with E-state index in [1.165, 1.54) is 5.57 Å². The predicted octanol–water partition coefficient (Wildman–Crippen LogP) is 1.40. The lowest BCUT2D eigenvalue weighted by atomic mass is 9.99. The standard InChI is InChI=1S/C10H13NO/c1-7-2-4-8-6-10(12)11-9(8)5-3-7/h2-4,8-9H,5-6H2,1H3,(H,11,12). The summed E-state index contributed by atoms with van der Waals surface area (Å²) in [6.45, 7) is 2.10. The lowest BCUT2D eigenvalue weighted by Crippen LogP contribution is -2.27. The van der Waals surface area contributed by atoms with Crippen LogP contribution < -0.4 is 5.32 Å². The molecule has 2 aliphatic rings. The molecule has 1 amide bonds. The molecular formula is C10H13NO. The Balaban J connectivity index is 2.17. The van der Waals surface area contributed by atoms with Crippen LogP contribution in [-0.2, 0) is 4.79 Å². The molecule has 2 rings (SSSR count). The van der Waals surface area contributed by atoms with Crippen molar-refractivity contribution >= 4 is 5.91 Å². The van der Waals surface area contributed by atoms with Crippen LogP contribution in [0.5, 0.6) is 0 Å². The molecule has 2 unspecified atom stereocenters. The number of fused-ring (bicyclic) bond motifs is 1. The number of carbonyl (C=O) groups excluding carboxylic acids is 1. The fourth-order valence-corrected chi connectivity index (χ4v) is 1.82. The predicted molar refractivity (Wildman–Crippen MR) is 47.6 cm³/mol. The SMILES string of the molecule is CC1=CCC2NC(=O)CC2C=C1. The molecule has 2 atom stereocenters. The van der Waals surface area contributed by atoms with Crippen LogP contribution in [-0.4, -0.2) is 11.9 Å². The number of carbonyl (C=O) groups is 1. The minimum absolute atomic E-state index is 0.197. The van der Waals surface area contributed by atoms with E-state index < -0.39 is 0 Å². The normalized spacial score (nSPS) is 33.8. The highest BCUT2D eigenvalue weighted by molar-refractivity contribution is 5.79. The molecule has 0 spiro atoms. The van der Waals surface area contributed by atoms with Gasteiger partial charge in [-0.3, -0.25) is 4.79 Å². The molecule has 0 aromatic rings. The lowest BCUT2D eigenvalue weighted by Gasteiger charge is -2.11. The monoisotopic (exact) mass is 163 g/mol. The quantitative estimate of drug-likeness (QED) is 0.574. The molecule has 1 aliphatic heterocycles. The van der Waals surface area contributed by atoms with Gasteiger partial charge in [0.15, 0.2) is 0 Å². The molecule has 0 bridgehead atoms. The van der Waals surface area contributed by atoms with Crippen molar-refractivity contribution in [1.82, 2.24) is 5.32 Å². The summed E-state index contributed by atoms with van der Waals surface area (Å²) in [6, 6.07) is 0.353. The maximum absolute atomic E-state index is 11.0. The molecule has 1 N–H and O–H groups in total. The van der Waals surface area contributed by atoms with Crippen molar-refractivity contribution in [2.45, 2.75) is 25.8 Å². The van der Waals surface area contributed by atoms with Crippen LogP contribution in [0, 0.1) is 5.92 Å². The highest BCUT2D eigenvalue weighted by Gasteiger charge is 2.30. The summed E-state index contributed by atoms with van der Waals surface area (Å²) in [5.74, 6) is 0.619. The Bertz CT molecular complexity index is 265. The summed E-state index contributed by atoms with van der Waals surface area (Å²) < 4.78 is 0. The van der Waals surface area contributed by atoms with Crippen LogP contribution in [0.15, 0.2) is 23.8 Å². The first kappa shape index (κ1) is 7.59. The molecule has 12 heavy (non-hydrogen) atoms. The van der Waals surface area contributed by atoms with E-state index in [2.05, 4.69) is 30.5 Å². The number of hydrogen-bond acceptors (Lipinski definition) is 1. The van der Waals surface area contributed by atoms with Crippen molar-refractivity contribution in [3.63, 3.8) is 0 Å². The minimum atomic E-state index is 0.197. The second kappa shape index (κ2) is 2.77. The van der Waals surface area contributed by atoms with Crippen molar-refractivity contribution in [2.75, 3.05) is 0 Å². The van der Waals surface area contributed by atoms with Crippen LogP contribution >= 0.6 is 0 Å². The third kappa shape index (κ3) is 1.29. The highest BCUT2D eigenvalue weighted by atomic mass is 16.1. The van der Waals surface area contributed by atoms with E-state index in [9.17, 15) is 4.79 Å². The molecule has 0 aromatic carbocycles. The van der Waals surface area contributed by atoms with Crippen molar-refractivity contribution in [3.05, 3.63) is 23.8 Å². The maximum Gasteiger partial charge on any atom is 0.220 e. The first-order valence-electron chi connectivity index (χ1n) is 4.40.